The molecule has 0 N–H and O–H groups in total. The maximum absolute atomic E-state index is 10.7. The zero-order valence-corrected chi connectivity index (χ0v) is 7.62. The normalized spacial score (nSPS) is 32.5. The number of hydrogen-bond donors (Lipinski definition) is 0. The minimum Gasteiger partial charge on any atom is -0.290 e. The van der Waals surface area contributed by atoms with Crippen molar-refractivity contribution in [2.45, 2.75) is 11.9 Å². The molecule has 0 aromatic heterocycles. The van der Waals surface area contributed by atoms with Crippen LogP contribution in [0.1, 0.15) is 6.92 Å². The first-order chi connectivity index (χ1) is 6.03. The van der Waals surface area contributed by atoms with E-state index < -0.39 is 15.8 Å². The van der Waals surface area contributed by atoms with Gasteiger partial charge in [-0.25, -0.2) is 0 Å². The third-order valence-corrected chi connectivity index (χ3v) is 2.68. The molecule has 0 aromatic carbocycles. The van der Waals surface area contributed by atoms with E-state index >= 15 is 0 Å². The highest BCUT2D eigenvalue weighted by Crippen LogP contribution is 2.36. The molecule has 2 atom stereocenters. The summed E-state index contributed by atoms with van der Waals surface area (Å²) >= 11 is 5.75. The fourth-order valence-corrected chi connectivity index (χ4v) is 1.36. The van der Waals surface area contributed by atoms with E-state index in [1.165, 1.54) is 19.1 Å². The number of halogens is 1. The second kappa shape index (κ2) is 3.30. The molecule has 0 heterocycles. The number of rotatable bonds is 2. The van der Waals surface area contributed by atoms with Gasteiger partial charge in [0.2, 0.25) is 6.29 Å². The van der Waals surface area contributed by atoms with Crippen molar-refractivity contribution in [3.8, 4) is 0 Å². The van der Waals surface area contributed by atoms with Gasteiger partial charge in [0.05, 0.1) is 0 Å². The van der Waals surface area contributed by atoms with Crippen LogP contribution in [0.5, 0.6) is 0 Å². The Balaban J connectivity index is 3.17. The van der Waals surface area contributed by atoms with Crippen molar-refractivity contribution in [1.29, 1.82) is 0 Å². The quantitative estimate of drug-likeness (QED) is 0.293. The van der Waals surface area contributed by atoms with Crippen LogP contribution < -0.4 is 0 Å². The zero-order chi connectivity index (χ0) is 10.1. The molecule has 2 unspecified atom stereocenters. The van der Waals surface area contributed by atoms with E-state index in [0.29, 0.717) is 5.57 Å². The molecule has 1 aliphatic rings. The Morgan fingerprint density at radius 2 is 2.38 bits per heavy atom. The minimum atomic E-state index is -1.85. The highest BCUT2D eigenvalue weighted by molar-refractivity contribution is 6.26. The Morgan fingerprint density at radius 1 is 1.77 bits per heavy atom. The second-order valence-corrected chi connectivity index (χ2v) is 3.34. The van der Waals surface area contributed by atoms with Crippen molar-refractivity contribution < 1.29 is 9.72 Å². The maximum Gasteiger partial charge on any atom is 0.329 e. The van der Waals surface area contributed by atoms with Gasteiger partial charge in [0.25, 0.3) is 0 Å². The summed E-state index contributed by atoms with van der Waals surface area (Å²) in [5, 5.41) is 10.7. The molecule has 4 nitrogen and oxygen atoms in total. The van der Waals surface area contributed by atoms with Gasteiger partial charge in [0, 0.05) is 10.5 Å². The fraction of sp³-hybridized carbons (Fsp3) is 0.375. The standard InChI is InChI=1S/C8H7ClNO3/c1-6-3-2-4-7(5-11)8(6,9)10(12)13/h2-4,7H,1H3. The van der Waals surface area contributed by atoms with Crippen LogP contribution in [0.3, 0.4) is 0 Å². The van der Waals surface area contributed by atoms with Gasteiger partial charge < -0.3 is 0 Å². The lowest BCUT2D eigenvalue weighted by molar-refractivity contribution is -0.535. The monoisotopic (exact) mass is 200 g/mol. The molecule has 1 aliphatic carbocycles. The van der Waals surface area contributed by atoms with Crippen molar-refractivity contribution in [3.63, 3.8) is 0 Å². The molecular weight excluding hydrogens is 194 g/mol. The van der Waals surface area contributed by atoms with E-state index in [1.54, 1.807) is 12.4 Å². The van der Waals surface area contributed by atoms with Gasteiger partial charge in [0.1, 0.15) is 5.92 Å². The van der Waals surface area contributed by atoms with Crippen LogP contribution >= 0.6 is 11.6 Å². The summed E-state index contributed by atoms with van der Waals surface area (Å²) in [5.41, 5.74) is 0.343. The van der Waals surface area contributed by atoms with E-state index in [1.807, 2.05) is 0 Å². The van der Waals surface area contributed by atoms with E-state index in [9.17, 15) is 14.9 Å². The lowest BCUT2D eigenvalue weighted by atomic mass is 9.90. The van der Waals surface area contributed by atoms with E-state index in [0.717, 1.165) is 0 Å². The SMILES string of the molecule is CC1=CC=CC([C]=O)C1(Cl)[N+](=O)[O-]. The predicted octanol–water partition coefficient (Wildman–Crippen LogP) is 1.44. The molecule has 1 radical (unpaired) electrons. The minimum absolute atomic E-state index is 0.343. The molecule has 0 saturated heterocycles. The highest BCUT2D eigenvalue weighted by atomic mass is 35.5. The highest BCUT2D eigenvalue weighted by Gasteiger charge is 2.51. The molecule has 1 rings (SSSR count). The average molecular weight is 201 g/mol. The first kappa shape index (κ1) is 9.92. The maximum atomic E-state index is 10.7. The van der Waals surface area contributed by atoms with Crippen LogP contribution in [-0.4, -0.2) is 16.2 Å². The van der Waals surface area contributed by atoms with Crippen LogP contribution in [0, 0.1) is 16.0 Å². The lowest BCUT2D eigenvalue weighted by Gasteiger charge is -2.24. The summed E-state index contributed by atoms with van der Waals surface area (Å²) in [6.45, 7) is 1.52. The van der Waals surface area contributed by atoms with E-state index in [-0.39, 0.29) is 0 Å². The molecule has 0 aliphatic heterocycles. The Kier molecular flexibility index (Phi) is 2.52. The van der Waals surface area contributed by atoms with Gasteiger partial charge in [-0.05, 0) is 18.5 Å². The lowest BCUT2D eigenvalue weighted by Crippen LogP contribution is -2.42. The van der Waals surface area contributed by atoms with Crippen LogP contribution in [-0.2, 0) is 4.79 Å². The molecule has 13 heavy (non-hydrogen) atoms. The zero-order valence-electron chi connectivity index (χ0n) is 6.86. The summed E-state index contributed by atoms with van der Waals surface area (Å²) in [6, 6.07) is 0. The van der Waals surface area contributed by atoms with E-state index in [2.05, 4.69) is 0 Å². The summed E-state index contributed by atoms with van der Waals surface area (Å²) < 4.78 is 0. The van der Waals surface area contributed by atoms with Gasteiger partial charge in [0.15, 0.2) is 0 Å². The summed E-state index contributed by atoms with van der Waals surface area (Å²) in [4.78, 5) is 18.6. The Bertz CT molecular complexity index is 311. The van der Waals surface area contributed by atoms with Gasteiger partial charge in [-0.15, -0.1) is 0 Å². The molecule has 0 aromatic rings. The van der Waals surface area contributed by atoms with Crippen molar-refractivity contribution in [2.75, 3.05) is 0 Å². The summed E-state index contributed by atoms with van der Waals surface area (Å²) in [6.07, 6.45) is 6.01. The number of nitro groups is 1. The van der Waals surface area contributed by atoms with Crippen molar-refractivity contribution in [3.05, 3.63) is 33.9 Å². The van der Waals surface area contributed by atoms with E-state index in [4.69, 9.17) is 11.6 Å². The van der Waals surface area contributed by atoms with Gasteiger partial charge in [-0.2, -0.15) is 0 Å². The number of alkyl halides is 1. The van der Waals surface area contributed by atoms with Crippen LogP contribution in [0.25, 0.3) is 0 Å². The van der Waals surface area contributed by atoms with Crippen LogP contribution in [0.4, 0.5) is 0 Å². The topological polar surface area (TPSA) is 60.2 Å². The number of carbonyl (C=O) groups excluding carboxylic acids is 1. The smallest absolute Gasteiger partial charge is 0.290 e. The first-order valence-corrected chi connectivity index (χ1v) is 3.98. The Hall–Kier alpha value is -1.16. The van der Waals surface area contributed by atoms with Crippen molar-refractivity contribution in [2.24, 2.45) is 5.92 Å². The van der Waals surface area contributed by atoms with Crippen LogP contribution in [0.2, 0.25) is 0 Å². The first-order valence-electron chi connectivity index (χ1n) is 3.60. The number of allylic oxidation sites excluding steroid dienone is 2. The Labute approximate surface area is 80.0 Å². The van der Waals surface area contributed by atoms with Gasteiger partial charge in [-0.3, -0.25) is 14.9 Å². The fourth-order valence-electron chi connectivity index (χ4n) is 1.18. The molecule has 5 heteroatoms. The molecule has 69 valence electrons. The average Bonchev–Trinajstić information content (AvgIpc) is 2.09. The van der Waals surface area contributed by atoms with Crippen molar-refractivity contribution in [1.82, 2.24) is 0 Å². The molecule has 0 fully saturated rings. The molecule has 0 saturated carbocycles. The summed E-state index contributed by atoms with van der Waals surface area (Å²) in [7, 11) is 0. The van der Waals surface area contributed by atoms with Crippen LogP contribution in [0.15, 0.2) is 23.8 Å². The molecule has 0 amide bonds. The molecule has 0 bridgehead atoms. The second-order valence-electron chi connectivity index (χ2n) is 2.76. The van der Waals surface area contributed by atoms with Gasteiger partial charge in [-0.1, -0.05) is 18.2 Å². The number of hydrogen-bond acceptors (Lipinski definition) is 3. The third kappa shape index (κ3) is 1.37. The third-order valence-electron chi connectivity index (χ3n) is 2.01. The Morgan fingerprint density at radius 3 is 2.77 bits per heavy atom. The van der Waals surface area contributed by atoms with Crippen molar-refractivity contribution >= 4 is 17.9 Å². The van der Waals surface area contributed by atoms with Gasteiger partial charge >= 0.3 is 5.00 Å². The molecular formula is C8H7ClNO3. The predicted molar refractivity (Wildman–Crippen MR) is 47.7 cm³/mol. The summed E-state index contributed by atoms with van der Waals surface area (Å²) in [5.74, 6) is -1.02. The largest absolute Gasteiger partial charge is 0.329 e. The number of nitrogens with zero attached hydrogens (tertiary/aromatic N) is 1. The molecule has 0 spiro atoms.